The van der Waals surface area contributed by atoms with Crippen LogP contribution in [-0.4, -0.2) is 70.1 Å². The molecule has 1 aromatic heterocycles. The number of carbonyl (C=O) groups is 3. The van der Waals surface area contributed by atoms with Crippen LogP contribution in [0.5, 0.6) is 0 Å². The summed E-state index contributed by atoms with van der Waals surface area (Å²) in [5.41, 5.74) is 0.245. The molecule has 0 radical (unpaired) electrons. The monoisotopic (exact) mass is 485 g/mol. The van der Waals surface area contributed by atoms with Crippen LogP contribution in [0, 0.1) is 0 Å². The quantitative estimate of drug-likeness (QED) is 0.615. The van der Waals surface area contributed by atoms with E-state index in [1.54, 1.807) is 12.4 Å². The van der Waals surface area contributed by atoms with Crippen molar-refractivity contribution in [1.82, 2.24) is 24.9 Å². The van der Waals surface area contributed by atoms with E-state index in [1.807, 2.05) is 30.3 Å². The van der Waals surface area contributed by atoms with Crippen LogP contribution in [0.25, 0.3) is 11.1 Å². The standard InChI is InChI=1S/C24H22F3N5O3/c25-24(26,27)20-9-5-4-8-19(20)22(34)31-12-10-30(11-13-31)21(33)15-28-23(35)32-16-18(14-29-32)17-6-2-1-3-7-17/h1-9,14,16H,10-13,15H2,(H,28,35). The summed E-state index contributed by atoms with van der Waals surface area (Å²) in [6, 6.07) is 13.4. The number of rotatable bonds is 4. The second-order valence-electron chi connectivity index (χ2n) is 7.91. The van der Waals surface area contributed by atoms with Gasteiger partial charge < -0.3 is 15.1 Å². The highest BCUT2D eigenvalue weighted by Gasteiger charge is 2.36. The van der Waals surface area contributed by atoms with E-state index in [2.05, 4.69) is 10.4 Å². The fraction of sp³-hybridized carbons (Fsp3) is 0.250. The molecule has 0 atom stereocenters. The minimum absolute atomic E-state index is 0.0876. The minimum atomic E-state index is -4.64. The number of aromatic nitrogens is 2. The number of hydrogen-bond acceptors (Lipinski definition) is 4. The maximum absolute atomic E-state index is 13.2. The van der Waals surface area contributed by atoms with Gasteiger partial charge in [0.2, 0.25) is 5.91 Å². The van der Waals surface area contributed by atoms with Crippen LogP contribution in [-0.2, 0) is 11.0 Å². The Hall–Kier alpha value is -4.15. The number of nitrogens with one attached hydrogen (secondary N) is 1. The van der Waals surface area contributed by atoms with Gasteiger partial charge >= 0.3 is 12.2 Å². The Bertz CT molecular complexity index is 1220. The number of alkyl halides is 3. The molecule has 1 aliphatic heterocycles. The molecule has 2 heterocycles. The summed E-state index contributed by atoms with van der Waals surface area (Å²) < 4.78 is 40.8. The van der Waals surface area contributed by atoms with Crippen LogP contribution in [0.15, 0.2) is 67.0 Å². The van der Waals surface area contributed by atoms with Gasteiger partial charge in [-0.15, -0.1) is 0 Å². The highest BCUT2D eigenvalue weighted by molar-refractivity contribution is 5.96. The first-order valence-corrected chi connectivity index (χ1v) is 10.9. The molecule has 11 heteroatoms. The van der Waals surface area contributed by atoms with Crippen molar-refractivity contribution in [3.63, 3.8) is 0 Å². The predicted octanol–water partition coefficient (Wildman–Crippen LogP) is 3.11. The highest BCUT2D eigenvalue weighted by atomic mass is 19.4. The van der Waals surface area contributed by atoms with Crippen molar-refractivity contribution >= 4 is 17.8 Å². The molecule has 1 fully saturated rings. The second kappa shape index (κ2) is 10.00. The van der Waals surface area contributed by atoms with Gasteiger partial charge in [0.25, 0.3) is 5.91 Å². The number of halogens is 3. The summed E-state index contributed by atoms with van der Waals surface area (Å²) in [6.07, 6.45) is -1.54. The van der Waals surface area contributed by atoms with E-state index in [4.69, 9.17) is 0 Å². The van der Waals surface area contributed by atoms with Crippen LogP contribution in [0.3, 0.4) is 0 Å². The number of amides is 3. The van der Waals surface area contributed by atoms with E-state index in [0.717, 1.165) is 27.9 Å². The lowest BCUT2D eigenvalue weighted by atomic mass is 10.1. The Morgan fingerprint density at radius 1 is 0.857 bits per heavy atom. The zero-order chi connectivity index (χ0) is 25.0. The van der Waals surface area contributed by atoms with Gasteiger partial charge in [-0.1, -0.05) is 42.5 Å². The molecule has 0 unspecified atom stereocenters. The smallest absolute Gasteiger partial charge is 0.338 e. The lowest BCUT2D eigenvalue weighted by Gasteiger charge is -2.35. The van der Waals surface area contributed by atoms with Crippen molar-refractivity contribution in [3.8, 4) is 11.1 Å². The molecule has 0 saturated carbocycles. The van der Waals surface area contributed by atoms with Gasteiger partial charge in [-0.2, -0.15) is 23.0 Å². The fourth-order valence-electron chi connectivity index (χ4n) is 3.80. The molecule has 8 nitrogen and oxygen atoms in total. The molecule has 1 aliphatic rings. The molecule has 3 aromatic rings. The van der Waals surface area contributed by atoms with Gasteiger partial charge in [0.1, 0.15) is 0 Å². The molecule has 0 spiro atoms. The highest BCUT2D eigenvalue weighted by Crippen LogP contribution is 2.32. The Morgan fingerprint density at radius 3 is 2.17 bits per heavy atom. The van der Waals surface area contributed by atoms with E-state index in [1.165, 1.54) is 21.9 Å². The van der Waals surface area contributed by atoms with Crippen molar-refractivity contribution in [1.29, 1.82) is 0 Å². The topological polar surface area (TPSA) is 87.5 Å². The summed E-state index contributed by atoms with van der Waals surface area (Å²) in [5.74, 6) is -1.09. The lowest BCUT2D eigenvalue weighted by Crippen LogP contribution is -2.53. The Labute approximate surface area is 198 Å². The molecule has 4 rings (SSSR count). The van der Waals surface area contributed by atoms with Crippen LogP contribution in [0.2, 0.25) is 0 Å². The maximum atomic E-state index is 13.2. The van der Waals surface area contributed by atoms with Gasteiger partial charge in [0.05, 0.1) is 23.9 Å². The van der Waals surface area contributed by atoms with Gasteiger partial charge in [-0.05, 0) is 17.7 Å². The SMILES string of the molecule is O=C(CNC(=O)n1cc(-c2ccccc2)cn1)N1CCN(C(=O)c2ccccc2C(F)(F)F)CC1. The molecule has 1 N–H and O–H groups in total. The summed E-state index contributed by atoms with van der Waals surface area (Å²) in [5, 5.41) is 6.53. The third-order valence-electron chi connectivity index (χ3n) is 5.67. The maximum Gasteiger partial charge on any atom is 0.417 e. The van der Waals surface area contributed by atoms with Crippen LogP contribution >= 0.6 is 0 Å². The normalized spacial score (nSPS) is 14.0. The van der Waals surface area contributed by atoms with Crippen molar-refractivity contribution < 1.29 is 27.6 Å². The third-order valence-corrected chi connectivity index (χ3v) is 5.67. The Kier molecular flexibility index (Phi) is 6.85. The fourth-order valence-corrected chi connectivity index (χ4v) is 3.80. The average molecular weight is 485 g/mol. The summed E-state index contributed by atoms with van der Waals surface area (Å²) in [4.78, 5) is 40.3. The van der Waals surface area contributed by atoms with Crippen molar-refractivity contribution in [2.45, 2.75) is 6.18 Å². The molecular weight excluding hydrogens is 463 g/mol. The van der Waals surface area contributed by atoms with E-state index in [-0.39, 0.29) is 38.6 Å². The molecule has 2 aromatic carbocycles. The minimum Gasteiger partial charge on any atom is -0.338 e. The summed E-state index contributed by atoms with van der Waals surface area (Å²) in [6.45, 7) is 0.196. The zero-order valence-corrected chi connectivity index (χ0v) is 18.5. The van der Waals surface area contributed by atoms with E-state index in [9.17, 15) is 27.6 Å². The van der Waals surface area contributed by atoms with Gasteiger partial charge in [0.15, 0.2) is 0 Å². The van der Waals surface area contributed by atoms with E-state index in [0.29, 0.717) is 0 Å². The first kappa shape index (κ1) is 24.0. The number of carbonyl (C=O) groups excluding carboxylic acids is 3. The predicted molar refractivity (Wildman–Crippen MR) is 120 cm³/mol. The molecule has 3 amide bonds. The molecular formula is C24H22F3N5O3. The Balaban J connectivity index is 1.29. The Morgan fingerprint density at radius 2 is 1.49 bits per heavy atom. The number of piperazine rings is 1. The number of nitrogens with zero attached hydrogens (tertiary/aromatic N) is 4. The van der Waals surface area contributed by atoms with Gasteiger partial charge in [-0.25, -0.2) is 4.79 Å². The number of hydrogen-bond donors (Lipinski definition) is 1. The molecule has 0 bridgehead atoms. The third kappa shape index (κ3) is 5.51. The van der Waals surface area contributed by atoms with Crippen molar-refractivity contribution in [2.24, 2.45) is 0 Å². The zero-order valence-electron chi connectivity index (χ0n) is 18.5. The average Bonchev–Trinajstić information content (AvgIpc) is 3.37. The molecule has 1 saturated heterocycles. The van der Waals surface area contributed by atoms with Gasteiger partial charge in [0, 0.05) is 37.9 Å². The van der Waals surface area contributed by atoms with Crippen LogP contribution in [0.1, 0.15) is 15.9 Å². The van der Waals surface area contributed by atoms with E-state index >= 15 is 0 Å². The summed E-state index contributed by atoms with van der Waals surface area (Å²) >= 11 is 0. The van der Waals surface area contributed by atoms with Crippen molar-refractivity contribution in [2.75, 3.05) is 32.7 Å². The number of benzene rings is 2. The van der Waals surface area contributed by atoms with Crippen LogP contribution in [0.4, 0.5) is 18.0 Å². The molecule has 182 valence electrons. The van der Waals surface area contributed by atoms with E-state index < -0.39 is 29.2 Å². The van der Waals surface area contributed by atoms with Crippen LogP contribution < -0.4 is 5.32 Å². The molecule has 35 heavy (non-hydrogen) atoms. The van der Waals surface area contributed by atoms with Gasteiger partial charge in [-0.3, -0.25) is 9.59 Å². The second-order valence-corrected chi connectivity index (χ2v) is 7.91. The summed E-state index contributed by atoms with van der Waals surface area (Å²) in [7, 11) is 0. The largest absolute Gasteiger partial charge is 0.417 e. The molecule has 0 aliphatic carbocycles. The van der Waals surface area contributed by atoms with Crippen molar-refractivity contribution in [3.05, 3.63) is 78.1 Å². The first-order chi connectivity index (χ1) is 16.7. The first-order valence-electron chi connectivity index (χ1n) is 10.9. The lowest BCUT2D eigenvalue weighted by molar-refractivity contribution is -0.138.